The van der Waals surface area contributed by atoms with Crippen LogP contribution < -0.4 is 5.73 Å². The number of hydrogen-bond acceptors (Lipinski definition) is 3. The van der Waals surface area contributed by atoms with Gasteiger partial charge >= 0.3 is 6.18 Å². The van der Waals surface area contributed by atoms with E-state index in [0.717, 1.165) is 25.0 Å². The summed E-state index contributed by atoms with van der Waals surface area (Å²) in [7, 11) is 0. The fourth-order valence-corrected chi connectivity index (χ4v) is 1.90. The Hall–Kier alpha value is -1.56. The first-order chi connectivity index (χ1) is 9.00. The summed E-state index contributed by atoms with van der Waals surface area (Å²) in [5.41, 5.74) is 5.08. The highest BCUT2D eigenvalue weighted by atomic mass is 19.4. The molecule has 2 rings (SSSR count). The number of aliphatic imine (C=N–C) groups is 1. The highest BCUT2D eigenvalue weighted by molar-refractivity contribution is 5.95. The second-order valence-corrected chi connectivity index (χ2v) is 4.41. The molecule has 0 amide bonds. The number of benzene rings is 1. The van der Waals surface area contributed by atoms with E-state index in [-0.39, 0.29) is 11.9 Å². The normalized spacial score (nSPS) is 19.2. The van der Waals surface area contributed by atoms with Gasteiger partial charge in [0.2, 0.25) is 5.90 Å². The van der Waals surface area contributed by atoms with Crippen LogP contribution in [-0.2, 0) is 10.9 Å². The molecule has 1 atom stereocenters. The van der Waals surface area contributed by atoms with Crippen molar-refractivity contribution in [3.63, 3.8) is 0 Å². The van der Waals surface area contributed by atoms with E-state index in [1.807, 2.05) is 0 Å². The summed E-state index contributed by atoms with van der Waals surface area (Å²) in [5.74, 6) is 0.285. The van der Waals surface area contributed by atoms with E-state index in [1.54, 1.807) is 6.07 Å². The minimum absolute atomic E-state index is 0.00640. The van der Waals surface area contributed by atoms with E-state index in [2.05, 4.69) is 4.99 Å². The molecule has 3 nitrogen and oxygen atoms in total. The van der Waals surface area contributed by atoms with Crippen molar-refractivity contribution in [1.82, 2.24) is 0 Å². The number of halogens is 3. The Labute approximate surface area is 109 Å². The predicted molar refractivity (Wildman–Crippen MR) is 66.0 cm³/mol. The van der Waals surface area contributed by atoms with E-state index in [1.165, 1.54) is 6.07 Å². The molecule has 1 aliphatic heterocycles. The molecule has 1 heterocycles. The molecule has 19 heavy (non-hydrogen) atoms. The van der Waals surface area contributed by atoms with Crippen LogP contribution in [-0.4, -0.2) is 25.1 Å². The van der Waals surface area contributed by atoms with Crippen LogP contribution in [0.15, 0.2) is 29.3 Å². The Balaban J connectivity index is 2.15. The molecule has 0 bridgehead atoms. The summed E-state index contributed by atoms with van der Waals surface area (Å²) in [5, 5.41) is 0. The summed E-state index contributed by atoms with van der Waals surface area (Å²) in [4.78, 5) is 4.29. The van der Waals surface area contributed by atoms with Gasteiger partial charge in [0, 0.05) is 5.56 Å². The average Bonchev–Trinajstić information content (AvgIpc) is 2.84. The third-order valence-corrected chi connectivity index (χ3v) is 2.89. The van der Waals surface area contributed by atoms with Gasteiger partial charge in [-0.15, -0.1) is 0 Å². The third-order valence-electron chi connectivity index (χ3n) is 2.89. The van der Waals surface area contributed by atoms with Crippen molar-refractivity contribution in [2.24, 2.45) is 10.7 Å². The lowest BCUT2D eigenvalue weighted by molar-refractivity contribution is -0.137. The summed E-state index contributed by atoms with van der Waals surface area (Å²) in [6.07, 6.45) is -2.74. The highest BCUT2D eigenvalue weighted by Crippen LogP contribution is 2.30. The summed E-state index contributed by atoms with van der Waals surface area (Å²) < 4.78 is 43.2. The molecule has 1 aromatic rings. The molecule has 6 heteroatoms. The van der Waals surface area contributed by atoms with Crippen LogP contribution in [0, 0.1) is 0 Å². The first-order valence-corrected chi connectivity index (χ1v) is 6.09. The molecule has 1 unspecified atom stereocenters. The van der Waals surface area contributed by atoms with Gasteiger partial charge in [0.05, 0.1) is 11.6 Å². The van der Waals surface area contributed by atoms with Crippen molar-refractivity contribution >= 4 is 5.90 Å². The van der Waals surface area contributed by atoms with Gasteiger partial charge in [0.25, 0.3) is 0 Å². The van der Waals surface area contributed by atoms with Gasteiger partial charge in [-0.05, 0) is 37.6 Å². The lowest BCUT2D eigenvalue weighted by Gasteiger charge is -2.08. The number of nitrogens with two attached hydrogens (primary N) is 1. The average molecular weight is 272 g/mol. The van der Waals surface area contributed by atoms with Crippen LogP contribution in [0.2, 0.25) is 0 Å². The van der Waals surface area contributed by atoms with Gasteiger partial charge in [-0.1, -0.05) is 6.07 Å². The summed E-state index contributed by atoms with van der Waals surface area (Å²) in [6.45, 7) is 0.983. The standard InChI is InChI=1S/C13H15F3N2O/c14-13(15,16)10-4-1-3-9(7-10)12-18-11(8-19-12)5-2-6-17/h1,3-4,7,11H,2,5-6,8,17H2. The van der Waals surface area contributed by atoms with Gasteiger partial charge in [-0.25, -0.2) is 4.99 Å². The van der Waals surface area contributed by atoms with E-state index in [9.17, 15) is 13.2 Å². The molecule has 0 radical (unpaired) electrons. The number of hydrogen-bond donors (Lipinski definition) is 1. The zero-order valence-corrected chi connectivity index (χ0v) is 10.3. The molecule has 1 aromatic carbocycles. The molecule has 0 spiro atoms. The topological polar surface area (TPSA) is 47.6 Å². The molecule has 0 saturated heterocycles. The van der Waals surface area contributed by atoms with Gasteiger partial charge in [-0.3, -0.25) is 0 Å². The number of nitrogens with zero attached hydrogens (tertiary/aromatic N) is 1. The third kappa shape index (κ3) is 3.47. The smallest absolute Gasteiger partial charge is 0.416 e. The van der Waals surface area contributed by atoms with Crippen molar-refractivity contribution in [3.05, 3.63) is 35.4 Å². The van der Waals surface area contributed by atoms with Crippen LogP contribution in [0.4, 0.5) is 13.2 Å². The van der Waals surface area contributed by atoms with Crippen molar-refractivity contribution in [2.75, 3.05) is 13.2 Å². The zero-order valence-electron chi connectivity index (χ0n) is 10.3. The highest BCUT2D eigenvalue weighted by Gasteiger charge is 2.31. The first kappa shape index (κ1) is 13.9. The number of ether oxygens (including phenoxy) is 1. The summed E-state index contributed by atoms with van der Waals surface area (Å²) in [6, 6.07) is 5.01. The predicted octanol–water partition coefficient (Wildman–Crippen LogP) is 2.59. The second kappa shape index (κ2) is 5.61. The SMILES string of the molecule is NCCCC1COC(c2cccc(C(F)(F)F)c2)=N1. The monoisotopic (exact) mass is 272 g/mol. The van der Waals surface area contributed by atoms with Crippen LogP contribution in [0.3, 0.4) is 0 Å². The van der Waals surface area contributed by atoms with Gasteiger partial charge in [0.1, 0.15) is 6.61 Å². The molecular formula is C13H15F3N2O. The summed E-state index contributed by atoms with van der Waals surface area (Å²) >= 11 is 0. The van der Waals surface area contributed by atoms with Crippen molar-refractivity contribution in [3.8, 4) is 0 Å². The maximum atomic E-state index is 12.6. The minimum atomic E-state index is -4.35. The molecule has 0 aliphatic carbocycles. The maximum absolute atomic E-state index is 12.6. The Morgan fingerprint density at radius 3 is 2.84 bits per heavy atom. The Morgan fingerprint density at radius 1 is 1.37 bits per heavy atom. The van der Waals surface area contributed by atoms with E-state index in [0.29, 0.717) is 18.7 Å². The van der Waals surface area contributed by atoms with E-state index in [4.69, 9.17) is 10.5 Å². The van der Waals surface area contributed by atoms with Crippen LogP contribution in [0.1, 0.15) is 24.0 Å². The van der Waals surface area contributed by atoms with Crippen LogP contribution in [0.5, 0.6) is 0 Å². The molecule has 104 valence electrons. The van der Waals surface area contributed by atoms with Gasteiger partial charge < -0.3 is 10.5 Å². The zero-order chi connectivity index (χ0) is 13.9. The number of rotatable bonds is 4. The fraction of sp³-hybridized carbons (Fsp3) is 0.462. The van der Waals surface area contributed by atoms with Gasteiger partial charge in [-0.2, -0.15) is 13.2 Å². The molecule has 0 saturated carbocycles. The second-order valence-electron chi connectivity index (χ2n) is 4.41. The maximum Gasteiger partial charge on any atom is 0.416 e. The first-order valence-electron chi connectivity index (χ1n) is 6.09. The Morgan fingerprint density at radius 2 is 2.16 bits per heavy atom. The minimum Gasteiger partial charge on any atom is -0.475 e. The van der Waals surface area contributed by atoms with Crippen molar-refractivity contribution in [2.45, 2.75) is 25.1 Å². The largest absolute Gasteiger partial charge is 0.475 e. The fourth-order valence-electron chi connectivity index (χ4n) is 1.90. The number of alkyl halides is 3. The Kier molecular flexibility index (Phi) is 4.09. The Bertz CT molecular complexity index is 471. The molecule has 1 aliphatic rings. The lowest BCUT2D eigenvalue weighted by atomic mass is 10.1. The molecule has 0 fully saturated rings. The molecule has 0 aromatic heterocycles. The quantitative estimate of drug-likeness (QED) is 0.915. The lowest BCUT2D eigenvalue weighted by Crippen LogP contribution is -2.09. The van der Waals surface area contributed by atoms with Crippen molar-refractivity contribution in [1.29, 1.82) is 0 Å². The van der Waals surface area contributed by atoms with Crippen LogP contribution in [0.25, 0.3) is 0 Å². The van der Waals surface area contributed by atoms with Gasteiger partial charge in [0.15, 0.2) is 0 Å². The van der Waals surface area contributed by atoms with Crippen molar-refractivity contribution < 1.29 is 17.9 Å². The molecular weight excluding hydrogens is 257 g/mol. The van der Waals surface area contributed by atoms with E-state index >= 15 is 0 Å². The van der Waals surface area contributed by atoms with Crippen LogP contribution >= 0.6 is 0 Å². The molecule has 2 N–H and O–H groups in total. The van der Waals surface area contributed by atoms with E-state index < -0.39 is 11.7 Å².